The molecule has 1 aromatic heterocycles. The van der Waals surface area contributed by atoms with Gasteiger partial charge in [-0.3, -0.25) is 9.59 Å². The molecule has 1 aliphatic rings. The van der Waals surface area contributed by atoms with Crippen LogP contribution in [-0.2, 0) is 19.7 Å². The van der Waals surface area contributed by atoms with Crippen LogP contribution in [0, 0.1) is 29.6 Å². The van der Waals surface area contributed by atoms with Crippen molar-refractivity contribution >= 4 is 29.3 Å². The van der Waals surface area contributed by atoms with E-state index in [0.29, 0.717) is 46.3 Å². The molecule has 4 rings (SSSR count). The molecule has 3 N–H and O–H groups in total. The van der Waals surface area contributed by atoms with Crippen LogP contribution in [0.3, 0.4) is 0 Å². The van der Waals surface area contributed by atoms with Gasteiger partial charge in [0.2, 0.25) is 5.95 Å². The molecule has 180 valence electrons. The molecule has 1 atom stereocenters. The third kappa shape index (κ3) is 4.93. The maximum absolute atomic E-state index is 11.8. The lowest BCUT2D eigenvalue weighted by Gasteiger charge is -2.24. The minimum atomic E-state index is -1.26. The largest absolute Gasteiger partial charge is 0.481 e. The van der Waals surface area contributed by atoms with E-state index in [-0.39, 0.29) is 6.61 Å². The predicted octanol–water partition coefficient (Wildman–Crippen LogP) is 3.64. The molecule has 2 aromatic carbocycles. The highest BCUT2D eigenvalue weighted by Gasteiger charge is 2.38. The first kappa shape index (κ1) is 24.2. The number of aromatic nitrogens is 2. The number of aryl methyl sites for hydroxylation is 1. The van der Waals surface area contributed by atoms with E-state index in [4.69, 9.17) is 9.84 Å². The van der Waals surface area contributed by atoms with Gasteiger partial charge in [0.25, 0.3) is 0 Å². The summed E-state index contributed by atoms with van der Waals surface area (Å²) < 4.78 is 5.23. The number of benzene rings is 2. The fourth-order valence-electron chi connectivity index (χ4n) is 3.99. The molecule has 10 heteroatoms. The van der Waals surface area contributed by atoms with Gasteiger partial charge in [-0.1, -0.05) is 13.0 Å². The zero-order valence-electron chi connectivity index (χ0n) is 19.6. The third-order valence-corrected chi connectivity index (χ3v) is 5.98. The Morgan fingerprint density at radius 3 is 2.75 bits per heavy atom. The molecule has 0 fully saturated rings. The minimum Gasteiger partial charge on any atom is -0.481 e. The highest BCUT2D eigenvalue weighted by atomic mass is 16.5. The van der Waals surface area contributed by atoms with Crippen molar-refractivity contribution in [3.63, 3.8) is 0 Å². The lowest BCUT2D eigenvalue weighted by atomic mass is 9.83. The van der Waals surface area contributed by atoms with Crippen LogP contribution < -0.4 is 10.6 Å². The van der Waals surface area contributed by atoms with Crippen LogP contribution in [0.15, 0.2) is 42.6 Å². The Labute approximate surface area is 207 Å². The lowest BCUT2D eigenvalue weighted by Crippen LogP contribution is -2.32. The van der Waals surface area contributed by atoms with Gasteiger partial charge < -0.3 is 20.5 Å². The molecule has 0 saturated carbocycles. The number of nitrogens with zero attached hydrogens (tertiary/aromatic N) is 4. The number of fused-ring (bicyclic) bond motifs is 1. The molecule has 0 amide bonds. The minimum absolute atomic E-state index is 0.0431. The summed E-state index contributed by atoms with van der Waals surface area (Å²) in [5.74, 6) is -1.75. The summed E-state index contributed by atoms with van der Waals surface area (Å²) >= 11 is 0. The highest BCUT2D eigenvalue weighted by molar-refractivity contribution is 5.90. The number of hydrogen-bond donors (Lipinski definition) is 3. The first-order chi connectivity index (χ1) is 17.2. The normalized spacial score (nSPS) is 15.7. The van der Waals surface area contributed by atoms with Crippen molar-refractivity contribution in [3.05, 3.63) is 64.8 Å². The van der Waals surface area contributed by atoms with Gasteiger partial charge in [0.1, 0.15) is 19.1 Å². The van der Waals surface area contributed by atoms with Crippen LogP contribution >= 0.6 is 0 Å². The maximum atomic E-state index is 11.8. The van der Waals surface area contributed by atoms with Crippen molar-refractivity contribution in [3.8, 4) is 23.4 Å². The topological polar surface area (TPSA) is 161 Å². The van der Waals surface area contributed by atoms with Crippen LogP contribution in [0.2, 0.25) is 0 Å². The summed E-state index contributed by atoms with van der Waals surface area (Å²) in [4.78, 5) is 31.5. The molecule has 2 heterocycles. The Balaban J connectivity index is 1.66. The van der Waals surface area contributed by atoms with E-state index in [2.05, 4.69) is 32.7 Å². The second-order valence-electron chi connectivity index (χ2n) is 8.74. The van der Waals surface area contributed by atoms with Crippen LogP contribution in [0.5, 0.6) is 0 Å². The molecule has 0 radical (unpaired) electrons. The quantitative estimate of drug-likeness (QED) is 0.335. The summed E-state index contributed by atoms with van der Waals surface area (Å²) in [6.07, 6.45) is 0.881. The number of rotatable bonds is 7. The molecule has 0 aliphatic carbocycles. The van der Waals surface area contributed by atoms with Crippen molar-refractivity contribution in [1.82, 2.24) is 9.97 Å². The Morgan fingerprint density at radius 2 is 2.03 bits per heavy atom. The van der Waals surface area contributed by atoms with Crippen molar-refractivity contribution in [1.29, 1.82) is 10.5 Å². The molecule has 0 spiro atoms. The van der Waals surface area contributed by atoms with Crippen molar-refractivity contribution in [2.24, 2.45) is 0 Å². The zero-order valence-corrected chi connectivity index (χ0v) is 19.6. The summed E-state index contributed by atoms with van der Waals surface area (Å²) in [7, 11) is 0. The number of nitriles is 2. The number of carboxylic acid groups (broad SMARTS) is 1. The van der Waals surface area contributed by atoms with Crippen LogP contribution in [-0.4, -0.2) is 40.2 Å². The average Bonchev–Trinajstić information content (AvgIpc) is 3.20. The first-order valence-electron chi connectivity index (χ1n) is 11.0. The number of esters is 1. The molecule has 0 bridgehead atoms. The fourth-order valence-corrected chi connectivity index (χ4v) is 3.99. The predicted molar refractivity (Wildman–Crippen MR) is 130 cm³/mol. The number of nitrogens with one attached hydrogen (secondary N) is 2. The van der Waals surface area contributed by atoms with Crippen molar-refractivity contribution in [2.45, 2.75) is 25.7 Å². The number of ether oxygens (including phenoxy) is 1. The number of anilines is 3. The molecule has 36 heavy (non-hydrogen) atoms. The number of carbonyl (C=O) groups is 2. The van der Waals surface area contributed by atoms with Crippen LogP contribution in [0.25, 0.3) is 11.3 Å². The van der Waals surface area contributed by atoms with E-state index >= 15 is 0 Å². The van der Waals surface area contributed by atoms with E-state index in [1.807, 2.05) is 26.0 Å². The SMILES string of the molecule is Cc1ccc(C#N)cc1Nc1nccc(-c2cc(C#N)c3c(c2)[C@@](C)(COC(=O)CC(=O)O)CN3)n1. The van der Waals surface area contributed by atoms with Crippen molar-refractivity contribution in [2.75, 3.05) is 23.8 Å². The molecule has 1 aliphatic heterocycles. The van der Waals surface area contributed by atoms with E-state index in [1.54, 1.807) is 30.5 Å². The average molecular weight is 483 g/mol. The van der Waals surface area contributed by atoms with Gasteiger partial charge in [-0.2, -0.15) is 10.5 Å². The van der Waals surface area contributed by atoms with Gasteiger partial charge in [0.15, 0.2) is 0 Å². The van der Waals surface area contributed by atoms with Crippen molar-refractivity contribution < 1.29 is 19.4 Å². The second kappa shape index (κ2) is 9.72. The molecule has 10 nitrogen and oxygen atoms in total. The van der Waals surface area contributed by atoms with Gasteiger partial charge in [-0.15, -0.1) is 0 Å². The molecule has 3 aromatic rings. The van der Waals surface area contributed by atoms with E-state index < -0.39 is 23.8 Å². The number of carbonyl (C=O) groups excluding carboxylic acids is 1. The van der Waals surface area contributed by atoms with Gasteiger partial charge in [-0.25, -0.2) is 9.97 Å². The molecule has 0 unspecified atom stereocenters. The third-order valence-electron chi connectivity index (χ3n) is 5.98. The van der Waals surface area contributed by atoms with E-state index in [9.17, 15) is 20.1 Å². The van der Waals surface area contributed by atoms with Gasteiger partial charge in [0, 0.05) is 29.4 Å². The standard InChI is InChI=1S/C26H22N6O4/c1-15-3-4-16(11-27)7-21(15)32-25-29-6-5-20(31-25)17-8-18(12-28)24-19(9-17)26(2,13-30-24)14-36-23(35)10-22(33)34/h3-9,30H,10,13-14H2,1-2H3,(H,33,34)(H,29,31,32)/t26-/m1/s1. The fraction of sp³-hybridized carbons (Fsp3) is 0.231. The molecule has 0 saturated heterocycles. The summed E-state index contributed by atoms with van der Waals surface area (Å²) in [5, 5.41) is 34.1. The maximum Gasteiger partial charge on any atom is 0.317 e. The van der Waals surface area contributed by atoms with Gasteiger partial charge in [-0.05, 0) is 48.4 Å². The number of hydrogen-bond acceptors (Lipinski definition) is 9. The Kier molecular flexibility index (Phi) is 6.53. The van der Waals surface area contributed by atoms with Gasteiger partial charge in [0.05, 0.1) is 28.6 Å². The summed E-state index contributed by atoms with van der Waals surface area (Å²) in [6, 6.07) is 14.9. The lowest BCUT2D eigenvalue weighted by molar-refractivity contribution is -0.152. The summed E-state index contributed by atoms with van der Waals surface area (Å²) in [5.41, 5.74) is 4.53. The highest BCUT2D eigenvalue weighted by Crippen LogP contribution is 2.41. The molecular formula is C26H22N6O4. The Morgan fingerprint density at radius 1 is 1.22 bits per heavy atom. The smallest absolute Gasteiger partial charge is 0.317 e. The van der Waals surface area contributed by atoms with Crippen LogP contribution in [0.1, 0.15) is 35.6 Å². The van der Waals surface area contributed by atoms with E-state index in [0.717, 1.165) is 11.1 Å². The monoisotopic (exact) mass is 482 g/mol. The van der Waals surface area contributed by atoms with E-state index in [1.165, 1.54) is 0 Å². The summed E-state index contributed by atoms with van der Waals surface area (Å²) in [6.45, 7) is 4.15. The number of aliphatic carboxylic acids is 1. The second-order valence-corrected chi connectivity index (χ2v) is 8.74. The number of carboxylic acids is 1. The molecular weight excluding hydrogens is 460 g/mol. The Hall–Kier alpha value is -4.96. The van der Waals surface area contributed by atoms with Crippen LogP contribution in [0.4, 0.5) is 17.3 Å². The zero-order chi connectivity index (χ0) is 25.9. The Bertz CT molecular complexity index is 1460. The van der Waals surface area contributed by atoms with Gasteiger partial charge >= 0.3 is 11.9 Å². The first-order valence-corrected chi connectivity index (χ1v) is 11.0.